The molecule has 0 aromatic heterocycles. The van der Waals surface area contributed by atoms with E-state index in [-0.39, 0.29) is 63.6 Å². The molecule has 0 bridgehead atoms. The zero-order chi connectivity index (χ0) is 31.8. The molecule has 228 valence electrons. The molecule has 1 atom stereocenters. The van der Waals surface area contributed by atoms with Gasteiger partial charge in [0, 0.05) is 28.8 Å². The second-order valence-electron chi connectivity index (χ2n) is 10.3. The molecule has 3 aromatic rings. The zero-order valence-electron chi connectivity index (χ0n) is 24.9. The van der Waals surface area contributed by atoms with Gasteiger partial charge in [0.1, 0.15) is 11.5 Å². The third-order valence-corrected chi connectivity index (χ3v) is 6.05. The zero-order valence-corrected chi connectivity index (χ0v) is 24.9. The summed E-state index contributed by atoms with van der Waals surface area (Å²) in [5, 5.41) is 17.0. The highest BCUT2D eigenvalue weighted by molar-refractivity contribution is 6.08. The minimum atomic E-state index is -0.632. The van der Waals surface area contributed by atoms with Crippen molar-refractivity contribution in [3.05, 3.63) is 81.4 Å². The molecule has 3 amide bonds. The van der Waals surface area contributed by atoms with Crippen molar-refractivity contribution in [3.8, 4) is 17.2 Å². The molecular weight excluding hydrogens is 556 g/mol. The number of carbonyl (C=O) groups is 3. The van der Waals surface area contributed by atoms with E-state index < -0.39 is 22.6 Å². The molecule has 12 heteroatoms. The van der Waals surface area contributed by atoms with Crippen LogP contribution in [0.3, 0.4) is 0 Å². The molecule has 0 aliphatic rings. The van der Waals surface area contributed by atoms with Crippen molar-refractivity contribution in [2.24, 2.45) is 5.73 Å². The summed E-state index contributed by atoms with van der Waals surface area (Å²) >= 11 is 0. The van der Waals surface area contributed by atoms with E-state index in [0.29, 0.717) is 12.1 Å². The smallest absolute Gasteiger partial charge is 0.310 e. The number of primary amides is 1. The molecule has 0 heterocycles. The molecular formula is C31H36N4O8. The first kappa shape index (κ1) is 32.4. The minimum Gasteiger partial charge on any atom is -0.489 e. The quantitative estimate of drug-likeness (QED) is 0.161. The van der Waals surface area contributed by atoms with Gasteiger partial charge >= 0.3 is 5.69 Å². The van der Waals surface area contributed by atoms with Gasteiger partial charge in [0.15, 0.2) is 5.75 Å². The Morgan fingerprint density at radius 3 is 1.63 bits per heavy atom. The highest BCUT2D eigenvalue weighted by atomic mass is 16.6. The lowest BCUT2D eigenvalue weighted by Crippen LogP contribution is -2.18. The molecule has 3 aromatic carbocycles. The molecule has 3 rings (SSSR count). The van der Waals surface area contributed by atoms with Gasteiger partial charge in [-0.25, -0.2) is 0 Å². The molecule has 0 aliphatic carbocycles. The first-order chi connectivity index (χ1) is 20.3. The number of nitrogens with two attached hydrogens (primary N) is 1. The van der Waals surface area contributed by atoms with Crippen molar-refractivity contribution in [2.75, 3.05) is 10.6 Å². The summed E-state index contributed by atoms with van der Waals surface area (Å²) in [7, 11) is 0. The number of ether oxygens (including phenoxy) is 3. The summed E-state index contributed by atoms with van der Waals surface area (Å²) in [5.41, 5.74) is 6.35. The van der Waals surface area contributed by atoms with E-state index in [9.17, 15) is 24.5 Å². The fraction of sp³-hybridized carbons (Fsp3) is 0.323. The highest BCUT2D eigenvalue weighted by Gasteiger charge is 2.22. The molecule has 0 spiro atoms. The van der Waals surface area contributed by atoms with Gasteiger partial charge in [0.05, 0.1) is 34.6 Å². The molecule has 1 unspecified atom stereocenters. The van der Waals surface area contributed by atoms with Gasteiger partial charge in [-0.05, 0) is 83.5 Å². The van der Waals surface area contributed by atoms with Crippen LogP contribution in [0.5, 0.6) is 17.2 Å². The number of hydrogen-bond acceptors (Lipinski definition) is 8. The molecule has 12 nitrogen and oxygen atoms in total. The van der Waals surface area contributed by atoms with Gasteiger partial charge in [-0.15, -0.1) is 0 Å². The third-order valence-electron chi connectivity index (χ3n) is 6.05. The van der Waals surface area contributed by atoms with E-state index in [0.717, 1.165) is 0 Å². The van der Waals surface area contributed by atoms with Crippen LogP contribution >= 0.6 is 0 Å². The number of rotatable bonds is 13. The Morgan fingerprint density at radius 1 is 0.744 bits per heavy atom. The maximum absolute atomic E-state index is 13.2. The van der Waals surface area contributed by atoms with Crippen LogP contribution in [-0.4, -0.2) is 41.0 Å². The number of nitrogens with one attached hydrogen (secondary N) is 2. The fourth-order valence-electron chi connectivity index (χ4n) is 3.84. The van der Waals surface area contributed by atoms with E-state index in [1.165, 1.54) is 54.6 Å². The van der Waals surface area contributed by atoms with E-state index in [4.69, 9.17) is 19.9 Å². The maximum atomic E-state index is 13.2. The number of benzene rings is 3. The number of anilines is 2. The molecule has 0 aliphatic heterocycles. The van der Waals surface area contributed by atoms with Crippen molar-refractivity contribution in [1.29, 1.82) is 0 Å². The minimum absolute atomic E-state index is 0.0117. The number of nitro groups is 1. The van der Waals surface area contributed by atoms with Crippen LogP contribution in [0.15, 0.2) is 54.6 Å². The lowest BCUT2D eigenvalue weighted by molar-refractivity contribution is -0.386. The van der Waals surface area contributed by atoms with E-state index in [1.807, 2.05) is 6.92 Å². The Hall–Kier alpha value is -5.13. The van der Waals surface area contributed by atoms with Crippen LogP contribution < -0.4 is 30.6 Å². The molecule has 43 heavy (non-hydrogen) atoms. The van der Waals surface area contributed by atoms with E-state index in [1.54, 1.807) is 34.6 Å². The Labute approximate surface area is 249 Å². The molecule has 0 radical (unpaired) electrons. The summed E-state index contributed by atoms with van der Waals surface area (Å²) in [4.78, 5) is 49.0. The number of amides is 3. The first-order valence-corrected chi connectivity index (χ1v) is 13.8. The predicted octanol–water partition coefficient (Wildman–Crippen LogP) is 5.95. The Bertz CT molecular complexity index is 1520. The summed E-state index contributed by atoms with van der Waals surface area (Å²) in [6.45, 7) is 10.9. The van der Waals surface area contributed by atoms with Gasteiger partial charge in [0.25, 0.3) is 11.8 Å². The van der Waals surface area contributed by atoms with Crippen LogP contribution in [0.4, 0.5) is 17.1 Å². The van der Waals surface area contributed by atoms with Crippen molar-refractivity contribution >= 4 is 34.8 Å². The molecule has 4 N–H and O–H groups in total. The Kier molecular flexibility index (Phi) is 10.7. The van der Waals surface area contributed by atoms with Gasteiger partial charge in [-0.2, -0.15) is 0 Å². The maximum Gasteiger partial charge on any atom is 0.310 e. The number of carbonyl (C=O) groups excluding carboxylic acids is 3. The number of nitrogens with zero attached hydrogens (tertiary/aromatic N) is 1. The fourth-order valence-corrected chi connectivity index (χ4v) is 3.84. The van der Waals surface area contributed by atoms with Crippen molar-refractivity contribution < 1.29 is 33.5 Å². The number of hydrogen-bond donors (Lipinski definition) is 3. The second kappa shape index (κ2) is 14.2. The summed E-state index contributed by atoms with van der Waals surface area (Å²) in [6.07, 6.45) is -0.206. The average Bonchev–Trinajstić information content (AvgIpc) is 2.93. The summed E-state index contributed by atoms with van der Waals surface area (Å²) in [5.74, 6) is -1.18. The van der Waals surface area contributed by atoms with Crippen LogP contribution in [0, 0.1) is 10.1 Å². The van der Waals surface area contributed by atoms with Crippen molar-refractivity contribution in [1.82, 2.24) is 0 Å². The normalized spacial score (nSPS) is 11.5. The van der Waals surface area contributed by atoms with Crippen LogP contribution in [0.1, 0.15) is 79.0 Å². The largest absolute Gasteiger partial charge is 0.489 e. The van der Waals surface area contributed by atoms with Gasteiger partial charge in [-0.1, -0.05) is 6.92 Å². The second-order valence-corrected chi connectivity index (χ2v) is 10.3. The Morgan fingerprint density at radius 2 is 1.19 bits per heavy atom. The first-order valence-electron chi connectivity index (χ1n) is 13.8. The topological polar surface area (TPSA) is 172 Å². The average molecular weight is 593 g/mol. The lowest BCUT2D eigenvalue weighted by Gasteiger charge is -2.18. The van der Waals surface area contributed by atoms with E-state index in [2.05, 4.69) is 10.6 Å². The SMILES string of the molecule is CCC(C)Oc1cc(C(=O)Nc2ccc(C(=O)Nc3ccc(C(N)=O)cc3OC(C)C)cc2OC(C)C)ccc1[N+](=O)[O-]. The van der Waals surface area contributed by atoms with Crippen LogP contribution in [0.2, 0.25) is 0 Å². The van der Waals surface area contributed by atoms with Gasteiger partial charge < -0.3 is 30.6 Å². The Balaban J connectivity index is 1.90. The number of nitro benzene ring substituents is 1. The standard InChI is InChI=1S/C31H36N4O8/c1-7-19(6)43-28-16-22(10-13-25(28)35(39)40)31(38)34-24-12-9-21(15-27(24)42-18(4)5)30(37)33-23-11-8-20(29(32)36)14-26(23)41-17(2)3/h8-19H,7H2,1-6H3,(H2,32,36)(H,33,37)(H,34,38). The van der Waals surface area contributed by atoms with Crippen LogP contribution in [0.25, 0.3) is 0 Å². The van der Waals surface area contributed by atoms with Crippen molar-refractivity contribution in [2.45, 2.75) is 66.3 Å². The third kappa shape index (κ3) is 8.68. The highest BCUT2D eigenvalue weighted by Crippen LogP contribution is 2.32. The monoisotopic (exact) mass is 592 g/mol. The predicted molar refractivity (Wildman–Crippen MR) is 162 cm³/mol. The van der Waals surface area contributed by atoms with Gasteiger partial charge in [0.2, 0.25) is 5.91 Å². The molecule has 0 fully saturated rings. The molecule has 0 saturated carbocycles. The van der Waals surface area contributed by atoms with E-state index >= 15 is 0 Å². The van der Waals surface area contributed by atoms with Crippen molar-refractivity contribution in [3.63, 3.8) is 0 Å². The molecule has 0 saturated heterocycles. The van der Waals surface area contributed by atoms with Gasteiger partial charge in [-0.3, -0.25) is 24.5 Å². The summed E-state index contributed by atoms with van der Waals surface area (Å²) in [6, 6.07) is 12.9. The summed E-state index contributed by atoms with van der Waals surface area (Å²) < 4.78 is 17.4. The van der Waals surface area contributed by atoms with Crippen LogP contribution in [-0.2, 0) is 0 Å². The lowest BCUT2D eigenvalue weighted by atomic mass is 10.1.